The second-order valence-corrected chi connectivity index (χ2v) is 7.91. The highest BCUT2D eigenvalue weighted by atomic mass is 32.2. The van der Waals surface area contributed by atoms with Gasteiger partial charge in [0, 0.05) is 12.6 Å². The average molecular weight is 406 g/mol. The normalized spacial score (nSPS) is 10.9. The molecule has 0 saturated carbocycles. The van der Waals surface area contributed by atoms with E-state index in [4.69, 9.17) is 11.1 Å². The number of aryl methyl sites for hydroxylation is 1. The number of nitrogens with one attached hydrogen (secondary N) is 1. The van der Waals surface area contributed by atoms with E-state index in [2.05, 4.69) is 30.7 Å². The number of hydrogen-bond acceptors (Lipinski definition) is 4. The van der Waals surface area contributed by atoms with E-state index in [0.717, 1.165) is 17.0 Å². The van der Waals surface area contributed by atoms with E-state index in [9.17, 15) is 8.78 Å². The second-order valence-electron chi connectivity index (χ2n) is 7.08. The number of benzene rings is 1. The molecule has 0 radical (unpaired) electrons. The van der Waals surface area contributed by atoms with Crippen LogP contribution in [0, 0.1) is 29.9 Å². The fourth-order valence-corrected chi connectivity index (χ4v) is 2.93. The summed E-state index contributed by atoms with van der Waals surface area (Å²) in [6.07, 6.45) is 5.23. The number of amidine groups is 1. The smallest absolute Gasteiger partial charge is 0.159 e. The van der Waals surface area contributed by atoms with Gasteiger partial charge in [-0.1, -0.05) is 20.8 Å². The third kappa shape index (κ3) is 5.07. The van der Waals surface area contributed by atoms with Gasteiger partial charge in [-0.05, 0) is 42.4 Å². The Balaban J connectivity index is 0.000000640. The molecule has 3 aromatic rings. The Morgan fingerprint density at radius 1 is 1.25 bits per heavy atom. The summed E-state index contributed by atoms with van der Waals surface area (Å²) >= 11 is 1.48. The number of halogens is 2. The van der Waals surface area contributed by atoms with Crippen molar-refractivity contribution >= 4 is 23.2 Å². The summed E-state index contributed by atoms with van der Waals surface area (Å²) in [5, 5.41) is 8.45. The molecule has 2 heterocycles. The van der Waals surface area contributed by atoms with Gasteiger partial charge in [-0.15, -0.1) is 11.8 Å². The SMILES string of the molecule is CC(C)C.CSc1cnc2c(Cc3cc(F)c(C)cc3F)nc(C(=N)N)cn12. The lowest BCUT2D eigenvalue weighted by molar-refractivity contribution is 0.581. The molecular formula is C20H25F2N5S. The van der Waals surface area contributed by atoms with Crippen LogP contribution in [0.3, 0.4) is 0 Å². The third-order valence-corrected chi connectivity index (χ3v) is 4.42. The third-order valence-electron chi connectivity index (χ3n) is 3.70. The molecule has 3 N–H and O–H groups in total. The summed E-state index contributed by atoms with van der Waals surface area (Å²) < 4.78 is 29.7. The van der Waals surface area contributed by atoms with E-state index in [1.807, 2.05) is 6.26 Å². The standard InChI is InChI=1S/C16H15F2N5S.C4H10/c1-8-3-11(18)9(4-10(8)17)5-12-16-21-6-14(24-2)23(16)7-13(22-12)15(19)20;1-4(2)3/h3-4,6-7H,5H2,1-2H3,(H3,19,20);4H,1-3H3. The fourth-order valence-electron chi connectivity index (χ4n) is 2.43. The van der Waals surface area contributed by atoms with Gasteiger partial charge in [0.2, 0.25) is 0 Å². The van der Waals surface area contributed by atoms with Crippen LogP contribution < -0.4 is 5.73 Å². The lowest BCUT2D eigenvalue weighted by Gasteiger charge is -2.09. The maximum atomic E-state index is 14.2. The Kier molecular flexibility index (Phi) is 7.12. The van der Waals surface area contributed by atoms with Crippen LogP contribution in [0.25, 0.3) is 5.65 Å². The number of nitrogen functional groups attached to an aromatic ring is 1. The first-order valence-electron chi connectivity index (χ1n) is 8.83. The molecule has 0 amide bonds. The zero-order valence-corrected chi connectivity index (χ0v) is 17.5. The number of nitrogens with zero attached hydrogens (tertiary/aromatic N) is 3. The number of aromatic nitrogens is 3. The van der Waals surface area contributed by atoms with Crippen LogP contribution in [0.4, 0.5) is 8.78 Å². The molecule has 2 aromatic heterocycles. The van der Waals surface area contributed by atoms with Crippen molar-refractivity contribution in [3.8, 4) is 0 Å². The molecule has 0 aliphatic heterocycles. The molecule has 5 nitrogen and oxygen atoms in total. The predicted molar refractivity (Wildman–Crippen MR) is 110 cm³/mol. The summed E-state index contributed by atoms with van der Waals surface area (Å²) in [5.74, 6) is -0.341. The van der Waals surface area contributed by atoms with Crippen LogP contribution in [0.1, 0.15) is 43.3 Å². The van der Waals surface area contributed by atoms with E-state index < -0.39 is 11.6 Å². The highest BCUT2D eigenvalue weighted by molar-refractivity contribution is 7.98. The number of nitrogens with two attached hydrogens (primary N) is 1. The molecular weight excluding hydrogens is 380 g/mol. The number of thioether (sulfide) groups is 1. The Hall–Kier alpha value is -2.48. The molecule has 0 bridgehead atoms. The Bertz CT molecular complexity index is 995. The lowest BCUT2D eigenvalue weighted by atomic mass is 10.1. The van der Waals surface area contributed by atoms with Crippen LogP contribution >= 0.6 is 11.8 Å². The fraction of sp³-hybridized carbons (Fsp3) is 0.350. The first-order chi connectivity index (χ1) is 13.1. The quantitative estimate of drug-likeness (QED) is 0.378. The number of rotatable bonds is 4. The molecule has 8 heteroatoms. The molecule has 3 rings (SSSR count). The molecule has 150 valence electrons. The van der Waals surface area contributed by atoms with Crippen LogP contribution in [0.5, 0.6) is 0 Å². The largest absolute Gasteiger partial charge is 0.382 e. The van der Waals surface area contributed by atoms with Crippen molar-refractivity contribution in [1.82, 2.24) is 14.4 Å². The summed E-state index contributed by atoms with van der Waals surface area (Å²) in [6, 6.07) is 2.33. The number of fused-ring (bicyclic) bond motifs is 1. The van der Waals surface area contributed by atoms with E-state index >= 15 is 0 Å². The second kappa shape index (κ2) is 9.14. The van der Waals surface area contributed by atoms with Gasteiger partial charge in [-0.3, -0.25) is 9.81 Å². The topological polar surface area (TPSA) is 80.1 Å². The van der Waals surface area contributed by atoms with Crippen LogP contribution in [0.2, 0.25) is 0 Å². The molecule has 0 atom stereocenters. The molecule has 0 aliphatic carbocycles. The van der Waals surface area contributed by atoms with E-state index in [1.54, 1.807) is 16.8 Å². The lowest BCUT2D eigenvalue weighted by Crippen LogP contribution is -2.16. The highest BCUT2D eigenvalue weighted by Gasteiger charge is 2.16. The molecule has 0 spiro atoms. The van der Waals surface area contributed by atoms with Gasteiger partial charge in [0.25, 0.3) is 0 Å². The Morgan fingerprint density at radius 3 is 2.46 bits per heavy atom. The van der Waals surface area contributed by atoms with Crippen LogP contribution in [-0.4, -0.2) is 26.5 Å². The summed E-state index contributed by atoms with van der Waals surface area (Å²) in [4.78, 5) is 8.61. The zero-order valence-electron chi connectivity index (χ0n) is 16.7. The maximum absolute atomic E-state index is 14.2. The van der Waals surface area contributed by atoms with Crippen molar-refractivity contribution in [3.63, 3.8) is 0 Å². The summed E-state index contributed by atoms with van der Waals surface area (Å²) in [5.41, 5.74) is 7.21. The van der Waals surface area contributed by atoms with E-state index in [-0.39, 0.29) is 29.1 Å². The van der Waals surface area contributed by atoms with Crippen molar-refractivity contribution < 1.29 is 8.78 Å². The Labute approximate surface area is 167 Å². The minimum atomic E-state index is -0.501. The molecule has 0 saturated heterocycles. The zero-order chi connectivity index (χ0) is 21.0. The van der Waals surface area contributed by atoms with Crippen molar-refractivity contribution in [3.05, 3.63) is 58.7 Å². The van der Waals surface area contributed by atoms with Crippen molar-refractivity contribution in [1.29, 1.82) is 5.41 Å². The molecule has 0 fully saturated rings. The van der Waals surface area contributed by atoms with Gasteiger partial charge in [0.15, 0.2) is 5.65 Å². The van der Waals surface area contributed by atoms with Crippen molar-refractivity contribution in [2.24, 2.45) is 11.7 Å². The van der Waals surface area contributed by atoms with Gasteiger partial charge in [0.05, 0.1) is 16.9 Å². The molecule has 0 unspecified atom stereocenters. The number of hydrogen-bond donors (Lipinski definition) is 2. The van der Waals surface area contributed by atoms with E-state index in [1.165, 1.54) is 24.8 Å². The first kappa shape index (κ1) is 21.8. The van der Waals surface area contributed by atoms with Crippen LogP contribution in [-0.2, 0) is 6.42 Å². The van der Waals surface area contributed by atoms with Crippen LogP contribution in [0.15, 0.2) is 29.6 Å². The van der Waals surface area contributed by atoms with Gasteiger partial charge >= 0.3 is 0 Å². The monoisotopic (exact) mass is 405 g/mol. The molecule has 0 aliphatic rings. The predicted octanol–water partition coefficient (Wildman–Crippen LogP) is 4.57. The van der Waals surface area contributed by atoms with Gasteiger partial charge in [0.1, 0.15) is 23.2 Å². The van der Waals surface area contributed by atoms with E-state index in [0.29, 0.717) is 11.3 Å². The van der Waals surface area contributed by atoms with Crippen molar-refractivity contribution in [2.75, 3.05) is 6.26 Å². The molecule has 28 heavy (non-hydrogen) atoms. The Morgan fingerprint density at radius 2 is 1.89 bits per heavy atom. The minimum Gasteiger partial charge on any atom is -0.382 e. The summed E-state index contributed by atoms with van der Waals surface area (Å²) in [7, 11) is 0. The minimum absolute atomic E-state index is 0.0541. The van der Waals surface area contributed by atoms with Gasteiger partial charge < -0.3 is 5.73 Å². The van der Waals surface area contributed by atoms with Gasteiger partial charge in [-0.25, -0.2) is 18.7 Å². The van der Waals surface area contributed by atoms with Crippen molar-refractivity contribution in [2.45, 2.75) is 39.1 Å². The summed E-state index contributed by atoms with van der Waals surface area (Å²) in [6.45, 7) is 8.01. The first-order valence-corrected chi connectivity index (χ1v) is 10.1. The number of imidazole rings is 1. The highest BCUT2D eigenvalue weighted by Crippen LogP contribution is 2.23. The maximum Gasteiger partial charge on any atom is 0.159 e. The molecule has 1 aromatic carbocycles. The van der Waals surface area contributed by atoms with Gasteiger partial charge in [-0.2, -0.15) is 0 Å². The average Bonchev–Trinajstić information content (AvgIpc) is 3.02.